The first kappa shape index (κ1) is 22.7. The maximum absolute atomic E-state index is 5.46. The summed E-state index contributed by atoms with van der Waals surface area (Å²) >= 11 is 0. The van der Waals surface area contributed by atoms with Gasteiger partial charge in [-0.3, -0.25) is 9.89 Å². The van der Waals surface area contributed by atoms with Crippen LogP contribution in [0.15, 0.2) is 52.1 Å². The Bertz CT molecular complexity index is 758. The zero-order chi connectivity index (χ0) is 19.3. The van der Waals surface area contributed by atoms with Crippen molar-refractivity contribution in [2.75, 3.05) is 27.2 Å². The molecule has 0 aliphatic carbocycles. The Morgan fingerprint density at radius 1 is 1.18 bits per heavy atom. The molecule has 6 heteroatoms. The number of halogens is 1. The van der Waals surface area contributed by atoms with E-state index in [1.807, 2.05) is 19.2 Å². The fourth-order valence-corrected chi connectivity index (χ4v) is 3.70. The Kier molecular flexibility index (Phi) is 8.37. The van der Waals surface area contributed by atoms with Crippen LogP contribution in [0.1, 0.15) is 37.2 Å². The molecule has 0 unspecified atom stereocenters. The van der Waals surface area contributed by atoms with Crippen molar-refractivity contribution in [1.82, 2.24) is 15.1 Å². The van der Waals surface area contributed by atoms with E-state index in [9.17, 15) is 0 Å². The Labute approximate surface area is 186 Å². The third kappa shape index (κ3) is 6.24. The molecule has 1 aromatic carbocycles. The van der Waals surface area contributed by atoms with Crippen LogP contribution in [0.2, 0.25) is 0 Å². The Balaban J connectivity index is 0.00000280. The molecule has 0 saturated carbocycles. The van der Waals surface area contributed by atoms with Gasteiger partial charge in [-0.05, 0) is 42.1 Å². The minimum absolute atomic E-state index is 0. The molecular weight excluding hydrogens is 463 g/mol. The minimum atomic E-state index is 0. The van der Waals surface area contributed by atoms with Crippen LogP contribution in [0.4, 0.5) is 0 Å². The van der Waals surface area contributed by atoms with E-state index >= 15 is 0 Å². The van der Waals surface area contributed by atoms with Crippen molar-refractivity contribution in [2.45, 2.75) is 39.9 Å². The number of nitrogens with zero attached hydrogens (tertiary/aromatic N) is 3. The van der Waals surface area contributed by atoms with E-state index in [1.54, 1.807) is 6.26 Å². The number of nitrogens with one attached hydrogen (secondary N) is 1. The lowest BCUT2D eigenvalue weighted by atomic mass is 9.93. The van der Waals surface area contributed by atoms with Crippen molar-refractivity contribution in [3.05, 3.63) is 59.5 Å². The van der Waals surface area contributed by atoms with Crippen LogP contribution in [0.5, 0.6) is 0 Å². The summed E-state index contributed by atoms with van der Waals surface area (Å²) in [4.78, 5) is 9.14. The second-order valence-corrected chi connectivity index (χ2v) is 8.26. The summed E-state index contributed by atoms with van der Waals surface area (Å²) in [5.74, 6) is 1.99. The molecule has 0 bridgehead atoms. The first-order valence-corrected chi connectivity index (χ1v) is 9.70. The van der Waals surface area contributed by atoms with Crippen LogP contribution in [-0.4, -0.2) is 42.9 Å². The van der Waals surface area contributed by atoms with Crippen LogP contribution in [-0.2, 0) is 19.6 Å². The third-order valence-electron chi connectivity index (χ3n) is 5.19. The van der Waals surface area contributed by atoms with Gasteiger partial charge in [-0.1, -0.05) is 38.1 Å². The van der Waals surface area contributed by atoms with Crippen LogP contribution in [0.3, 0.4) is 0 Å². The molecule has 0 radical (unpaired) electrons. The molecule has 0 atom stereocenters. The zero-order valence-corrected chi connectivity index (χ0v) is 19.8. The molecule has 1 aliphatic heterocycles. The summed E-state index contributed by atoms with van der Waals surface area (Å²) in [6.45, 7) is 9.25. The number of rotatable bonds is 6. The van der Waals surface area contributed by atoms with Gasteiger partial charge in [-0.15, -0.1) is 24.0 Å². The molecule has 5 nitrogen and oxygen atoms in total. The van der Waals surface area contributed by atoms with Gasteiger partial charge >= 0.3 is 0 Å². The third-order valence-corrected chi connectivity index (χ3v) is 5.19. The molecule has 154 valence electrons. The zero-order valence-electron chi connectivity index (χ0n) is 17.4. The number of hydrogen-bond donors (Lipinski definition) is 1. The van der Waals surface area contributed by atoms with Crippen molar-refractivity contribution < 1.29 is 4.42 Å². The van der Waals surface area contributed by atoms with E-state index in [4.69, 9.17) is 4.42 Å². The number of likely N-dealkylation sites (tertiary alicyclic amines) is 1. The second-order valence-electron chi connectivity index (χ2n) is 8.26. The number of furan rings is 1. The predicted molar refractivity (Wildman–Crippen MR) is 126 cm³/mol. The molecule has 0 spiro atoms. The highest BCUT2D eigenvalue weighted by atomic mass is 127. The van der Waals surface area contributed by atoms with E-state index in [1.165, 1.54) is 17.5 Å². The maximum atomic E-state index is 5.46. The Hall–Kier alpha value is -1.54. The summed E-state index contributed by atoms with van der Waals surface area (Å²) in [6, 6.07) is 12.6. The Morgan fingerprint density at radius 3 is 2.54 bits per heavy atom. The normalized spacial score (nSPS) is 16.3. The topological polar surface area (TPSA) is 44.0 Å². The molecular formula is C22H33IN4O. The largest absolute Gasteiger partial charge is 0.468 e. The van der Waals surface area contributed by atoms with E-state index in [2.05, 4.69) is 65.3 Å². The molecule has 1 aromatic heterocycles. The lowest BCUT2D eigenvalue weighted by Gasteiger charge is -2.24. The van der Waals surface area contributed by atoms with Crippen molar-refractivity contribution in [1.29, 1.82) is 0 Å². The maximum Gasteiger partial charge on any atom is 0.193 e. The second kappa shape index (κ2) is 10.3. The molecule has 1 fully saturated rings. The van der Waals surface area contributed by atoms with Gasteiger partial charge < -0.3 is 14.6 Å². The number of benzene rings is 1. The van der Waals surface area contributed by atoms with Crippen LogP contribution in [0.25, 0.3) is 0 Å². The van der Waals surface area contributed by atoms with E-state index < -0.39 is 0 Å². The highest BCUT2D eigenvalue weighted by Crippen LogP contribution is 2.28. The fourth-order valence-electron chi connectivity index (χ4n) is 3.70. The monoisotopic (exact) mass is 496 g/mol. The van der Waals surface area contributed by atoms with Gasteiger partial charge in [-0.2, -0.15) is 0 Å². The quantitative estimate of drug-likeness (QED) is 0.367. The van der Waals surface area contributed by atoms with E-state index in [0.717, 1.165) is 44.4 Å². The summed E-state index contributed by atoms with van der Waals surface area (Å²) in [6.07, 6.45) is 2.94. The molecule has 2 heterocycles. The van der Waals surface area contributed by atoms with Gasteiger partial charge in [0, 0.05) is 33.2 Å². The molecule has 2 aromatic rings. The summed E-state index contributed by atoms with van der Waals surface area (Å²) in [5, 5.41) is 3.56. The van der Waals surface area contributed by atoms with Crippen LogP contribution < -0.4 is 5.32 Å². The van der Waals surface area contributed by atoms with Crippen molar-refractivity contribution in [3.8, 4) is 0 Å². The van der Waals surface area contributed by atoms with Crippen molar-refractivity contribution in [2.24, 2.45) is 10.4 Å². The predicted octanol–water partition coefficient (Wildman–Crippen LogP) is 4.34. The lowest BCUT2D eigenvalue weighted by molar-refractivity contribution is 0.287. The first-order chi connectivity index (χ1) is 13.0. The molecule has 1 saturated heterocycles. The highest BCUT2D eigenvalue weighted by Gasteiger charge is 2.30. The molecule has 1 N–H and O–H groups in total. The SMILES string of the molecule is CN=C(NCc1ccccc1CN(C)Cc1ccco1)N1CCC(C)(C)C1.I. The molecule has 0 amide bonds. The van der Waals surface area contributed by atoms with Gasteiger partial charge in [0.25, 0.3) is 0 Å². The average molecular weight is 496 g/mol. The number of aliphatic imine (C=N–C) groups is 1. The van der Waals surface area contributed by atoms with Crippen molar-refractivity contribution in [3.63, 3.8) is 0 Å². The minimum Gasteiger partial charge on any atom is -0.468 e. The summed E-state index contributed by atoms with van der Waals surface area (Å²) < 4.78 is 5.46. The van der Waals surface area contributed by atoms with Crippen LogP contribution >= 0.6 is 24.0 Å². The smallest absolute Gasteiger partial charge is 0.193 e. The molecule has 28 heavy (non-hydrogen) atoms. The number of guanidine groups is 1. The highest BCUT2D eigenvalue weighted by molar-refractivity contribution is 14.0. The van der Waals surface area contributed by atoms with Gasteiger partial charge in [0.1, 0.15) is 5.76 Å². The Morgan fingerprint density at radius 2 is 1.93 bits per heavy atom. The summed E-state index contributed by atoms with van der Waals surface area (Å²) in [5.41, 5.74) is 3.00. The van der Waals surface area contributed by atoms with Gasteiger partial charge in [0.15, 0.2) is 5.96 Å². The fraction of sp³-hybridized carbons (Fsp3) is 0.500. The average Bonchev–Trinajstić information content (AvgIpc) is 3.26. The van der Waals surface area contributed by atoms with E-state index in [0.29, 0.717) is 5.41 Å². The molecule has 1 aliphatic rings. The lowest BCUT2D eigenvalue weighted by Crippen LogP contribution is -2.40. The van der Waals surface area contributed by atoms with Gasteiger partial charge in [0.05, 0.1) is 12.8 Å². The van der Waals surface area contributed by atoms with E-state index in [-0.39, 0.29) is 24.0 Å². The summed E-state index contributed by atoms with van der Waals surface area (Å²) in [7, 11) is 3.99. The first-order valence-electron chi connectivity index (χ1n) is 9.70. The molecule has 3 rings (SSSR count). The number of hydrogen-bond acceptors (Lipinski definition) is 3. The standard InChI is InChI=1S/C22H32N4O.HI/c1-22(2)11-12-26(17-22)21(23-3)24-14-18-8-5-6-9-19(18)15-25(4)16-20-10-7-13-27-20;/h5-10,13H,11-12,14-17H2,1-4H3,(H,23,24);1H. The van der Waals surface area contributed by atoms with Gasteiger partial charge in [0.2, 0.25) is 0 Å². The van der Waals surface area contributed by atoms with Crippen molar-refractivity contribution >= 4 is 29.9 Å². The van der Waals surface area contributed by atoms with Crippen LogP contribution in [0, 0.1) is 5.41 Å². The van der Waals surface area contributed by atoms with Gasteiger partial charge in [-0.25, -0.2) is 0 Å².